The highest BCUT2D eigenvalue weighted by Gasteiger charge is 2.07. The molecule has 6 heteroatoms. The number of cyclic esters (lactones) is 2. The summed E-state index contributed by atoms with van der Waals surface area (Å²) in [7, 11) is 0. The molecule has 0 saturated heterocycles. The van der Waals surface area contributed by atoms with Gasteiger partial charge < -0.3 is 9.47 Å². The molecule has 1 aliphatic rings. The van der Waals surface area contributed by atoms with Crippen LogP contribution in [0.1, 0.15) is 19.3 Å². The van der Waals surface area contributed by atoms with Gasteiger partial charge in [-0.25, -0.2) is 9.59 Å². The van der Waals surface area contributed by atoms with Crippen LogP contribution in [0.25, 0.3) is 0 Å². The molecular weight excluding hydrogens is 248 g/mol. The third-order valence-electron chi connectivity index (χ3n) is 2.61. The van der Waals surface area contributed by atoms with Gasteiger partial charge in [-0.1, -0.05) is 6.07 Å². The second kappa shape index (κ2) is 6.63. The fraction of sp³-hybridized carbons (Fsp3) is 0.385. The monoisotopic (exact) mass is 264 g/mol. The number of ether oxygens (including phenoxy) is 2. The zero-order chi connectivity index (χ0) is 13.5. The summed E-state index contributed by atoms with van der Waals surface area (Å²) in [4.78, 5) is 23.0. The van der Waals surface area contributed by atoms with Gasteiger partial charge in [-0.2, -0.15) is 0 Å². The first kappa shape index (κ1) is 13.2. The average molecular weight is 264 g/mol. The molecule has 0 fully saturated rings. The fourth-order valence-corrected chi connectivity index (χ4v) is 1.69. The molecular formula is C13H16N2O4. The number of benzene rings is 1. The molecule has 2 amide bonds. The van der Waals surface area contributed by atoms with Gasteiger partial charge >= 0.3 is 12.2 Å². The van der Waals surface area contributed by atoms with E-state index in [4.69, 9.17) is 9.47 Å². The maximum absolute atomic E-state index is 11.5. The lowest BCUT2D eigenvalue weighted by molar-refractivity contribution is 0.151. The molecule has 1 aromatic rings. The van der Waals surface area contributed by atoms with Crippen LogP contribution in [0.5, 0.6) is 0 Å². The molecule has 1 heterocycles. The molecule has 102 valence electrons. The van der Waals surface area contributed by atoms with Gasteiger partial charge in [-0.15, -0.1) is 0 Å². The van der Waals surface area contributed by atoms with Gasteiger partial charge in [0.25, 0.3) is 0 Å². The zero-order valence-corrected chi connectivity index (χ0v) is 10.5. The molecule has 0 atom stereocenters. The Morgan fingerprint density at radius 2 is 1.37 bits per heavy atom. The van der Waals surface area contributed by atoms with E-state index < -0.39 is 12.2 Å². The molecule has 0 unspecified atom stereocenters. The van der Waals surface area contributed by atoms with Crippen molar-refractivity contribution in [2.45, 2.75) is 19.3 Å². The lowest BCUT2D eigenvalue weighted by Crippen LogP contribution is -2.17. The van der Waals surface area contributed by atoms with Gasteiger partial charge in [0.1, 0.15) is 0 Å². The minimum absolute atomic E-state index is 0.359. The first-order valence-corrected chi connectivity index (χ1v) is 6.22. The summed E-state index contributed by atoms with van der Waals surface area (Å²) in [5.41, 5.74) is 1.11. The second-order valence-electron chi connectivity index (χ2n) is 4.16. The van der Waals surface area contributed by atoms with Crippen LogP contribution in [0.2, 0.25) is 0 Å². The van der Waals surface area contributed by atoms with Gasteiger partial charge in [0.15, 0.2) is 0 Å². The molecule has 2 bridgehead atoms. The van der Waals surface area contributed by atoms with Crippen molar-refractivity contribution >= 4 is 23.6 Å². The van der Waals surface area contributed by atoms with Gasteiger partial charge in [-0.3, -0.25) is 10.6 Å². The third-order valence-corrected chi connectivity index (χ3v) is 2.61. The van der Waals surface area contributed by atoms with E-state index in [0.29, 0.717) is 24.6 Å². The summed E-state index contributed by atoms with van der Waals surface area (Å²) < 4.78 is 10.1. The first-order chi connectivity index (χ1) is 9.24. The van der Waals surface area contributed by atoms with Crippen LogP contribution in [-0.2, 0) is 9.47 Å². The van der Waals surface area contributed by atoms with E-state index in [1.807, 2.05) is 0 Å². The van der Waals surface area contributed by atoms with Gasteiger partial charge in [-0.05, 0) is 37.5 Å². The van der Waals surface area contributed by atoms with Crippen molar-refractivity contribution in [1.82, 2.24) is 0 Å². The number of anilines is 2. The van der Waals surface area contributed by atoms with Crippen LogP contribution in [0.4, 0.5) is 21.0 Å². The molecule has 0 aliphatic carbocycles. The van der Waals surface area contributed by atoms with Crippen molar-refractivity contribution in [2.75, 3.05) is 23.8 Å². The van der Waals surface area contributed by atoms with E-state index in [2.05, 4.69) is 10.6 Å². The van der Waals surface area contributed by atoms with Crippen LogP contribution in [0.15, 0.2) is 24.3 Å². The van der Waals surface area contributed by atoms with Crippen LogP contribution in [0, 0.1) is 0 Å². The minimum Gasteiger partial charge on any atom is -0.449 e. The summed E-state index contributed by atoms with van der Waals surface area (Å²) in [6, 6.07) is 6.78. The molecule has 0 saturated carbocycles. The molecule has 1 aliphatic heterocycles. The smallest absolute Gasteiger partial charge is 0.411 e. The number of amides is 2. The molecule has 6 nitrogen and oxygen atoms in total. The van der Waals surface area contributed by atoms with Gasteiger partial charge in [0.05, 0.1) is 13.2 Å². The van der Waals surface area contributed by atoms with Crippen molar-refractivity contribution in [2.24, 2.45) is 0 Å². The molecule has 0 aromatic heterocycles. The number of hydrogen-bond acceptors (Lipinski definition) is 4. The highest BCUT2D eigenvalue weighted by molar-refractivity contribution is 5.88. The first-order valence-electron chi connectivity index (χ1n) is 6.22. The van der Waals surface area contributed by atoms with Crippen molar-refractivity contribution in [1.29, 1.82) is 0 Å². The maximum atomic E-state index is 11.5. The zero-order valence-electron chi connectivity index (χ0n) is 10.5. The van der Waals surface area contributed by atoms with Crippen LogP contribution in [-0.4, -0.2) is 25.4 Å². The Kier molecular flexibility index (Phi) is 4.60. The molecule has 2 N–H and O–H groups in total. The summed E-state index contributed by atoms with van der Waals surface area (Å²) in [5.74, 6) is 0. The Morgan fingerprint density at radius 1 is 0.842 bits per heavy atom. The predicted octanol–water partition coefficient (Wildman–Crippen LogP) is 2.97. The van der Waals surface area contributed by atoms with Crippen LogP contribution >= 0.6 is 0 Å². The number of fused-ring (bicyclic) bond motifs is 2. The Morgan fingerprint density at radius 3 is 1.89 bits per heavy atom. The van der Waals surface area contributed by atoms with Gasteiger partial charge in [0.2, 0.25) is 0 Å². The van der Waals surface area contributed by atoms with Crippen molar-refractivity contribution in [3.63, 3.8) is 0 Å². The molecule has 0 radical (unpaired) electrons. The lowest BCUT2D eigenvalue weighted by Gasteiger charge is -2.11. The van der Waals surface area contributed by atoms with E-state index in [1.165, 1.54) is 0 Å². The largest absolute Gasteiger partial charge is 0.449 e. The van der Waals surface area contributed by atoms with Crippen molar-refractivity contribution in [3.8, 4) is 0 Å². The maximum Gasteiger partial charge on any atom is 0.411 e. The topological polar surface area (TPSA) is 76.7 Å². The van der Waals surface area contributed by atoms with Crippen LogP contribution in [0.3, 0.4) is 0 Å². The normalized spacial score (nSPS) is 17.3. The summed E-state index contributed by atoms with van der Waals surface area (Å²) >= 11 is 0. The van der Waals surface area contributed by atoms with E-state index in [0.717, 1.165) is 19.3 Å². The van der Waals surface area contributed by atoms with Crippen molar-refractivity contribution < 1.29 is 19.1 Å². The van der Waals surface area contributed by atoms with Crippen molar-refractivity contribution in [3.05, 3.63) is 24.3 Å². The summed E-state index contributed by atoms with van der Waals surface area (Å²) in [5, 5.41) is 5.19. The Labute approximate surface area is 111 Å². The highest BCUT2D eigenvalue weighted by Crippen LogP contribution is 2.16. The molecule has 0 spiro atoms. The number of nitrogens with one attached hydrogen (secondary N) is 2. The summed E-state index contributed by atoms with van der Waals surface area (Å²) in [6.07, 6.45) is 1.36. The van der Waals surface area contributed by atoms with Crippen LogP contribution < -0.4 is 10.6 Å². The standard InChI is InChI=1S/C13H16N2O4/c16-12-14-10-5-4-6-11(9-10)15-13(17)19-8-3-1-2-7-18-12/h4-6,9H,1-3,7-8H2,(H,14,16)(H,15,17). The van der Waals surface area contributed by atoms with E-state index in [1.54, 1.807) is 24.3 Å². The SMILES string of the molecule is O=C1Nc2cccc(c2)NC(=O)OCCCCCO1. The van der Waals surface area contributed by atoms with Gasteiger partial charge in [0, 0.05) is 11.4 Å². The molecule has 1 aromatic carbocycles. The Hall–Kier alpha value is -2.24. The van der Waals surface area contributed by atoms with E-state index >= 15 is 0 Å². The van der Waals surface area contributed by atoms with E-state index in [9.17, 15) is 9.59 Å². The fourth-order valence-electron chi connectivity index (χ4n) is 1.69. The molecule has 19 heavy (non-hydrogen) atoms. The highest BCUT2D eigenvalue weighted by atomic mass is 16.6. The second-order valence-corrected chi connectivity index (χ2v) is 4.16. The Balaban J connectivity index is 2.08. The summed E-state index contributed by atoms with van der Waals surface area (Å²) in [6.45, 7) is 0.718. The number of rotatable bonds is 0. The lowest BCUT2D eigenvalue weighted by atomic mass is 10.2. The van der Waals surface area contributed by atoms with E-state index in [-0.39, 0.29) is 0 Å². The molecule has 2 rings (SSSR count). The minimum atomic E-state index is -0.489. The third kappa shape index (κ3) is 4.50. The number of hydrogen-bond donors (Lipinski definition) is 2. The quantitative estimate of drug-likeness (QED) is 0.755. The number of carbonyl (C=O) groups is 2. The predicted molar refractivity (Wildman–Crippen MR) is 70.2 cm³/mol. The Bertz CT molecular complexity index is 424. The number of carbonyl (C=O) groups excluding carboxylic acids is 2. The average Bonchev–Trinajstić information content (AvgIpc) is 2.37.